The molecule has 0 aliphatic heterocycles. The predicted molar refractivity (Wildman–Crippen MR) is 188 cm³/mol. The highest BCUT2D eigenvalue weighted by Gasteiger charge is 4.01. The number of methoxy groups -OCH3 is 2. The van der Waals surface area contributed by atoms with Crippen molar-refractivity contribution in [1.82, 2.24) is 5.32 Å². The van der Waals surface area contributed by atoms with Gasteiger partial charge in [0.05, 0.1) is 39.6 Å². The average molecular weight is 772 g/mol. The molecule has 10 nitrogen and oxygen atoms in total. The minimum absolute atomic E-state index is 0.00154. The van der Waals surface area contributed by atoms with Crippen LogP contribution in [0.25, 0.3) is 0 Å². The Labute approximate surface area is 315 Å². The molecule has 13 heteroatoms. The lowest BCUT2D eigenvalue weighted by atomic mass is 10.0. The van der Waals surface area contributed by atoms with Gasteiger partial charge in [0.2, 0.25) is 11.1 Å². The van der Waals surface area contributed by atoms with Gasteiger partial charge in [-0.15, -0.1) is 23.2 Å². The van der Waals surface area contributed by atoms with Crippen molar-refractivity contribution in [2.24, 2.45) is 70.7 Å². The Bertz CT molecular complexity index is 1140. The van der Waals surface area contributed by atoms with E-state index in [4.69, 9.17) is 59.5 Å². The molecule has 0 aromatic carbocycles. The molecule has 284 valence electrons. The third-order valence-electron chi connectivity index (χ3n) is 17.0. The van der Waals surface area contributed by atoms with Crippen LogP contribution >= 0.6 is 34.8 Å². The summed E-state index contributed by atoms with van der Waals surface area (Å²) in [6.45, 7) is 6.38. The highest BCUT2D eigenvalue weighted by atomic mass is 35.5. The van der Waals surface area contributed by atoms with E-state index >= 15 is 0 Å². The van der Waals surface area contributed by atoms with Gasteiger partial charge in [0, 0.05) is 117 Å². The van der Waals surface area contributed by atoms with E-state index in [1.807, 2.05) is 0 Å². The molecule has 0 atom stereocenters. The largest absolute Gasteiger partial charge is 0.379 e. The summed E-state index contributed by atoms with van der Waals surface area (Å²) in [5.74, 6) is 1.39. The first kappa shape index (κ1) is 35.2. The van der Waals surface area contributed by atoms with Crippen LogP contribution in [0.5, 0.6) is 0 Å². The average Bonchev–Trinajstić information content (AvgIpc) is 3.73. The first-order valence-electron chi connectivity index (χ1n) is 19.6. The summed E-state index contributed by atoms with van der Waals surface area (Å²) in [5.41, 5.74) is 20.3. The molecule has 14 aliphatic carbocycles. The van der Waals surface area contributed by atoms with E-state index in [1.165, 1.54) is 105 Å². The maximum atomic E-state index is 11.0. The van der Waals surface area contributed by atoms with Gasteiger partial charge in [-0.3, -0.25) is 9.59 Å². The number of alkyl halides is 2. The molecule has 3 N–H and O–H groups in total. The Morgan fingerprint density at radius 1 is 0.510 bits per heavy atom. The molecule has 14 saturated carbocycles. The summed E-state index contributed by atoms with van der Waals surface area (Å²) < 4.78 is 30.2. The molecule has 0 radical (unpaired) electrons. The molecule has 0 aromatic rings. The molecule has 12 bridgehead atoms. The number of carbonyl (C=O) groups is 2. The highest BCUT2D eigenvalue weighted by Crippen LogP contribution is 4.01. The topological polar surface area (TPSA) is 128 Å². The van der Waals surface area contributed by atoms with Gasteiger partial charge < -0.3 is 39.5 Å². The fourth-order valence-electron chi connectivity index (χ4n) is 16.5. The number of hydrogen-bond acceptors (Lipinski definition) is 9. The maximum absolute atomic E-state index is 11.0. The number of ether oxygens (including phenoxy) is 6. The van der Waals surface area contributed by atoms with Gasteiger partial charge in [-0.2, -0.15) is 0 Å². The number of nitrogens with one attached hydrogen (secondary N) is 1. The molecule has 14 aliphatic rings. The normalized spacial score (nSPS) is 53.1. The van der Waals surface area contributed by atoms with Crippen molar-refractivity contribution in [2.45, 2.75) is 51.4 Å². The Balaban J connectivity index is 0.0000000850. The minimum Gasteiger partial charge on any atom is -0.379 e. The predicted octanol–water partition coefficient (Wildman–Crippen LogP) is 3.76. The van der Waals surface area contributed by atoms with Crippen LogP contribution in [0, 0.1) is 65.0 Å². The molecule has 14 fully saturated rings. The Kier molecular flexibility index (Phi) is 7.15. The van der Waals surface area contributed by atoms with Crippen molar-refractivity contribution in [3.63, 3.8) is 0 Å². The molecular formula is C38H53Cl3N2O8. The van der Waals surface area contributed by atoms with Crippen LogP contribution in [0.1, 0.15) is 51.4 Å². The molecule has 51 heavy (non-hydrogen) atoms. The molecule has 0 unspecified atom stereocenters. The standard InChI is InChI=1S/C13H26ClNO4.C10H22ClNO2.2C6.C3H5ClO2/c1-17-12-13(16)15-7-9-19-11-10-18-8-5-3-2-4-6-14;11-5-3-1-2-4-7-13-9-10-14-8-6-12;2*1-2-3(1)5(1)4(1,2)6(2,3)5;1-6-2-3(4)5/h2-12H2,1H3,(H,15,16);1-10,12H2;;;2H2,1H3. The SMILES string of the molecule is C123C45C16C21C34C561.C123C45C16C21C34C561.COCC(=O)Cl.COCC(=O)NCCOCCOCCCCCCCl.NCCOCCOCCCCCCCl. The summed E-state index contributed by atoms with van der Waals surface area (Å²) >= 11 is 15.9. The first-order valence-corrected chi connectivity index (χ1v) is 21.0. The van der Waals surface area contributed by atoms with E-state index in [1.54, 1.807) is 0 Å². The number of rotatable bonds is 27. The van der Waals surface area contributed by atoms with Crippen LogP contribution in [0.4, 0.5) is 0 Å². The van der Waals surface area contributed by atoms with Crippen LogP contribution in [-0.2, 0) is 38.0 Å². The van der Waals surface area contributed by atoms with Crippen LogP contribution in [0.3, 0.4) is 0 Å². The smallest absolute Gasteiger partial charge is 0.247 e. The van der Waals surface area contributed by atoms with E-state index in [9.17, 15) is 9.59 Å². The van der Waals surface area contributed by atoms with Crippen molar-refractivity contribution in [3.8, 4) is 0 Å². The molecule has 14 rings (SSSR count). The van der Waals surface area contributed by atoms with E-state index in [-0.39, 0.29) is 19.1 Å². The number of halogens is 3. The zero-order valence-electron chi connectivity index (χ0n) is 30.0. The van der Waals surface area contributed by atoms with Crippen molar-refractivity contribution < 1.29 is 38.0 Å². The second-order valence-electron chi connectivity index (χ2n) is 17.0. The molecule has 0 saturated heterocycles. The summed E-state index contributed by atoms with van der Waals surface area (Å²) in [6.07, 6.45) is 9.13. The molecule has 0 heterocycles. The van der Waals surface area contributed by atoms with Crippen LogP contribution in [0.15, 0.2) is 0 Å². The third kappa shape index (κ3) is 2.46. The van der Waals surface area contributed by atoms with E-state index in [0.29, 0.717) is 52.7 Å². The van der Waals surface area contributed by atoms with Gasteiger partial charge in [-0.1, -0.05) is 25.7 Å². The van der Waals surface area contributed by atoms with Gasteiger partial charge in [0.1, 0.15) is 13.2 Å². The lowest BCUT2D eigenvalue weighted by molar-refractivity contribution is -0.125. The quantitative estimate of drug-likeness (QED) is 0.0730. The molecule has 4 spiro atoms. The molecular weight excluding hydrogens is 719 g/mol. The lowest BCUT2D eigenvalue weighted by Gasteiger charge is -2.07. The third-order valence-corrected chi connectivity index (χ3v) is 17.6. The van der Waals surface area contributed by atoms with Gasteiger partial charge in [0.15, 0.2) is 0 Å². The second kappa shape index (κ2) is 10.4. The van der Waals surface area contributed by atoms with Crippen LogP contribution < -0.4 is 11.1 Å². The number of hydrogen-bond donors (Lipinski definition) is 2. The lowest BCUT2D eigenvalue weighted by Crippen LogP contribution is -2.30. The zero-order chi connectivity index (χ0) is 35.7. The van der Waals surface area contributed by atoms with E-state index in [0.717, 1.165) is 50.7 Å². The molecule has 0 aromatic heterocycles. The Hall–Kier alpha value is -0.270. The fourth-order valence-corrected chi connectivity index (χ4v) is 17.0. The minimum atomic E-state index is -0.461. The number of amides is 1. The summed E-state index contributed by atoms with van der Waals surface area (Å²) in [5, 5.41) is 2.21. The first-order chi connectivity index (χ1) is 25.0. The van der Waals surface area contributed by atoms with Gasteiger partial charge in [-0.25, -0.2) is 0 Å². The fraction of sp³-hybridized carbons (Fsp3) is 0.947. The van der Waals surface area contributed by atoms with Crippen molar-refractivity contribution in [1.29, 1.82) is 0 Å². The van der Waals surface area contributed by atoms with Gasteiger partial charge >= 0.3 is 0 Å². The van der Waals surface area contributed by atoms with Gasteiger partial charge in [0.25, 0.3) is 0 Å². The maximum Gasteiger partial charge on any atom is 0.247 e. The summed E-state index contributed by atoms with van der Waals surface area (Å²) in [7, 11) is 2.91. The van der Waals surface area contributed by atoms with Crippen molar-refractivity contribution in [3.05, 3.63) is 0 Å². The van der Waals surface area contributed by atoms with Crippen LogP contribution in [-0.4, -0.2) is 116 Å². The summed E-state index contributed by atoms with van der Waals surface area (Å²) in [4.78, 5) is 20.7. The van der Waals surface area contributed by atoms with Crippen LogP contribution in [0.2, 0.25) is 0 Å². The monoisotopic (exact) mass is 770 g/mol. The highest BCUT2D eigenvalue weighted by molar-refractivity contribution is 6.63. The van der Waals surface area contributed by atoms with Crippen molar-refractivity contribution >= 4 is 46.0 Å². The Morgan fingerprint density at radius 3 is 1.16 bits per heavy atom. The number of unbranched alkanes of at least 4 members (excludes halogenated alkanes) is 6. The van der Waals surface area contributed by atoms with E-state index < -0.39 is 5.24 Å². The number of carbonyl (C=O) groups excluding carboxylic acids is 2. The summed E-state index contributed by atoms with van der Waals surface area (Å²) in [6, 6.07) is 0. The van der Waals surface area contributed by atoms with E-state index in [2.05, 4.69) is 14.8 Å². The molecule has 1 amide bonds. The second-order valence-corrected chi connectivity index (χ2v) is 18.2. The Morgan fingerprint density at radius 2 is 0.863 bits per heavy atom. The van der Waals surface area contributed by atoms with Gasteiger partial charge in [-0.05, 0) is 37.3 Å². The van der Waals surface area contributed by atoms with Crippen molar-refractivity contribution in [2.75, 3.05) is 105 Å². The zero-order valence-corrected chi connectivity index (χ0v) is 32.3. The number of nitrogens with two attached hydrogens (primary N) is 1.